The number of hydrogen-bond acceptors (Lipinski definition) is 5. The number of halogens is 1. The van der Waals surface area contributed by atoms with Crippen LogP contribution in [0.1, 0.15) is 32.1 Å². The van der Waals surface area contributed by atoms with E-state index in [1.54, 1.807) is 7.11 Å². The van der Waals surface area contributed by atoms with Crippen molar-refractivity contribution in [3.8, 4) is 11.8 Å². The zero-order valence-electron chi connectivity index (χ0n) is 17.1. The lowest BCUT2D eigenvalue weighted by atomic mass is 9.75. The molecule has 0 aromatic heterocycles. The largest absolute Gasteiger partial charge is 0.493 e. The van der Waals surface area contributed by atoms with Gasteiger partial charge in [0.2, 0.25) is 5.91 Å². The van der Waals surface area contributed by atoms with Crippen molar-refractivity contribution in [1.29, 1.82) is 5.26 Å². The van der Waals surface area contributed by atoms with E-state index in [1.165, 1.54) is 6.42 Å². The number of amides is 1. The smallest absolute Gasteiger partial charge is 0.235 e. The summed E-state index contributed by atoms with van der Waals surface area (Å²) < 4.78 is 5.50. The highest BCUT2D eigenvalue weighted by Crippen LogP contribution is 2.36. The molecule has 1 aliphatic carbocycles. The first-order chi connectivity index (χ1) is 14.0. The average Bonchev–Trinajstić information content (AvgIpc) is 2.73. The minimum Gasteiger partial charge on any atom is -0.493 e. The molecule has 158 valence electrons. The van der Waals surface area contributed by atoms with Crippen LogP contribution in [0.2, 0.25) is 5.02 Å². The van der Waals surface area contributed by atoms with Crippen molar-refractivity contribution >= 4 is 23.2 Å². The number of para-hydroxylation sites is 1. The molecule has 6 nitrogen and oxygen atoms in total. The number of nitriles is 1. The number of carbonyl (C=O) groups is 1. The maximum atomic E-state index is 11.4. The maximum Gasteiger partial charge on any atom is 0.235 e. The number of primary amides is 1. The molecule has 0 spiro atoms. The van der Waals surface area contributed by atoms with Crippen molar-refractivity contribution in [3.63, 3.8) is 0 Å². The number of nitrogens with zero attached hydrogens (tertiary/aromatic N) is 3. The Bertz CT molecular complexity index is 735. The number of hydrogen-bond donors (Lipinski definition) is 1. The number of piperazine rings is 1. The number of methoxy groups -OCH3 is 1. The third kappa shape index (κ3) is 5.34. The summed E-state index contributed by atoms with van der Waals surface area (Å²) in [4.78, 5) is 16.3. The van der Waals surface area contributed by atoms with Crippen LogP contribution in [-0.2, 0) is 4.79 Å². The lowest BCUT2D eigenvalue weighted by Gasteiger charge is -2.38. The van der Waals surface area contributed by atoms with Crippen LogP contribution in [0.25, 0.3) is 0 Å². The summed E-state index contributed by atoms with van der Waals surface area (Å²) in [6, 6.07) is 7.99. The van der Waals surface area contributed by atoms with E-state index in [0.717, 1.165) is 69.8 Å². The van der Waals surface area contributed by atoms with Gasteiger partial charge in [0.15, 0.2) is 5.75 Å². The van der Waals surface area contributed by atoms with Gasteiger partial charge in [-0.3, -0.25) is 9.69 Å². The summed E-state index contributed by atoms with van der Waals surface area (Å²) in [5.74, 6) is 0.498. The van der Waals surface area contributed by atoms with Gasteiger partial charge in [0.25, 0.3) is 0 Å². The predicted octanol–water partition coefficient (Wildman–Crippen LogP) is 3.29. The van der Waals surface area contributed by atoms with Crippen molar-refractivity contribution in [3.05, 3.63) is 23.2 Å². The third-order valence-electron chi connectivity index (χ3n) is 6.53. The molecule has 1 heterocycles. The van der Waals surface area contributed by atoms with Gasteiger partial charge < -0.3 is 15.4 Å². The van der Waals surface area contributed by atoms with Crippen molar-refractivity contribution in [1.82, 2.24) is 4.90 Å². The van der Waals surface area contributed by atoms with Crippen LogP contribution in [0.4, 0.5) is 5.69 Å². The second-order valence-electron chi connectivity index (χ2n) is 8.20. The zero-order chi connectivity index (χ0) is 20.8. The van der Waals surface area contributed by atoms with Gasteiger partial charge in [-0.05, 0) is 49.8 Å². The average molecular weight is 419 g/mol. The Labute approximate surface area is 178 Å². The fourth-order valence-corrected chi connectivity index (χ4v) is 4.98. The van der Waals surface area contributed by atoms with Crippen LogP contribution in [0.15, 0.2) is 18.2 Å². The van der Waals surface area contributed by atoms with Crippen LogP contribution < -0.4 is 15.4 Å². The van der Waals surface area contributed by atoms with Gasteiger partial charge in [-0.15, -0.1) is 0 Å². The highest BCUT2D eigenvalue weighted by Gasteiger charge is 2.31. The Hall–Kier alpha value is -1.97. The Morgan fingerprint density at radius 2 is 1.97 bits per heavy atom. The second-order valence-corrected chi connectivity index (χ2v) is 8.61. The van der Waals surface area contributed by atoms with E-state index in [0.29, 0.717) is 10.9 Å². The summed E-state index contributed by atoms with van der Waals surface area (Å²) in [7, 11) is 1.66. The van der Waals surface area contributed by atoms with Crippen LogP contribution in [0.5, 0.6) is 5.75 Å². The topological polar surface area (TPSA) is 82.6 Å². The zero-order valence-corrected chi connectivity index (χ0v) is 17.9. The fourth-order valence-electron chi connectivity index (χ4n) is 4.74. The first-order valence-corrected chi connectivity index (χ1v) is 10.9. The molecular weight excluding hydrogens is 388 g/mol. The molecule has 1 aliphatic heterocycles. The van der Waals surface area contributed by atoms with Crippen molar-refractivity contribution in [2.45, 2.75) is 32.1 Å². The van der Waals surface area contributed by atoms with Crippen LogP contribution in [-0.4, -0.2) is 50.6 Å². The lowest BCUT2D eigenvalue weighted by molar-refractivity contribution is -0.122. The summed E-state index contributed by atoms with van der Waals surface area (Å²) in [5, 5.41) is 9.81. The van der Waals surface area contributed by atoms with Gasteiger partial charge in [0.1, 0.15) is 5.92 Å². The van der Waals surface area contributed by atoms with E-state index in [9.17, 15) is 4.79 Å². The Kier molecular flexibility index (Phi) is 7.63. The van der Waals surface area contributed by atoms with E-state index in [2.05, 4.69) is 21.9 Å². The first kappa shape index (κ1) is 21.7. The van der Waals surface area contributed by atoms with E-state index in [-0.39, 0.29) is 5.92 Å². The van der Waals surface area contributed by atoms with Crippen LogP contribution >= 0.6 is 11.6 Å². The number of benzene rings is 1. The van der Waals surface area contributed by atoms with Gasteiger partial charge in [-0.1, -0.05) is 30.5 Å². The minimum atomic E-state index is -0.618. The van der Waals surface area contributed by atoms with Crippen molar-refractivity contribution in [2.75, 3.05) is 44.7 Å². The molecule has 7 heteroatoms. The van der Waals surface area contributed by atoms with Crippen molar-refractivity contribution in [2.24, 2.45) is 23.5 Å². The molecule has 1 atom stereocenters. The predicted molar refractivity (Wildman–Crippen MR) is 115 cm³/mol. The monoisotopic (exact) mass is 418 g/mol. The SMILES string of the molecule is COc1c(Cl)cccc1N1CCN(CCC2CCC(C(C#N)C(N)=O)CC2)CC1. The molecule has 1 aromatic carbocycles. The Morgan fingerprint density at radius 3 is 2.55 bits per heavy atom. The van der Waals surface area contributed by atoms with Gasteiger partial charge in [0.05, 0.1) is 23.9 Å². The number of ether oxygens (including phenoxy) is 1. The summed E-state index contributed by atoms with van der Waals surface area (Å²) in [6.45, 7) is 5.09. The molecule has 1 unspecified atom stereocenters. The summed E-state index contributed by atoms with van der Waals surface area (Å²) >= 11 is 6.26. The number of rotatable bonds is 7. The van der Waals surface area contributed by atoms with E-state index >= 15 is 0 Å². The molecule has 29 heavy (non-hydrogen) atoms. The molecule has 1 aromatic rings. The number of nitrogens with two attached hydrogens (primary N) is 1. The van der Waals surface area contributed by atoms with Crippen LogP contribution in [0, 0.1) is 29.1 Å². The van der Waals surface area contributed by atoms with Gasteiger partial charge >= 0.3 is 0 Å². The normalized spacial score (nSPS) is 24.0. The van der Waals surface area contributed by atoms with E-state index in [4.69, 9.17) is 27.3 Å². The minimum absolute atomic E-state index is 0.143. The fraction of sp³-hybridized carbons (Fsp3) is 0.636. The first-order valence-electron chi connectivity index (χ1n) is 10.5. The molecule has 1 saturated carbocycles. The quantitative estimate of drug-likeness (QED) is 0.734. The second kappa shape index (κ2) is 10.2. The number of anilines is 1. The molecule has 2 N–H and O–H groups in total. The molecule has 1 amide bonds. The molecule has 1 saturated heterocycles. The Balaban J connectivity index is 1.42. The molecule has 0 bridgehead atoms. The molecule has 3 rings (SSSR count). The maximum absolute atomic E-state index is 11.4. The van der Waals surface area contributed by atoms with Gasteiger partial charge in [0, 0.05) is 26.2 Å². The molecular formula is C22H31ClN4O2. The lowest BCUT2D eigenvalue weighted by Crippen LogP contribution is -2.47. The van der Waals surface area contributed by atoms with Gasteiger partial charge in [-0.25, -0.2) is 0 Å². The van der Waals surface area contributed by atoms with Gasteiger partial charge in [-0.2, -0.15) is 5.26 Å². The Morgan fingerprint density at radius 1 is 1.28 bits per heavy atom. The summed E-state index contributed by atoms with van der Waals surface area (Å²) in [6.07, 6.45) is 5.24. The standard InChI is InChI=1S/C22H31ClN4O2/c1-29-21-19(23)3-2-4-20(21)27-13-11-26(12-14-27)10-9-16-5-7-17(8-6-16)18(15-24)22(25)28/h2-4,16-18H,5-14H2,1H3,(H2,25,28). The van der Waals surface area contributed by atoms with E-state index in [1.807, 2.05) is 12.1 Å². The number of carbonyl (C=O) groups excluding carboxylic acids is 1. The molecule has 2 fully saturated rings. The molecule has 2 aliphatic rings. The summed E-state index contributed by atoms with van der Waals surface area (Å²) in [5.41, 5.74) is 6.43. The highest BCUT2D eigenvalue weighted by molar-refractivity contribution is 6.32. The third-order valence-corrected chi connectivity index (χ3v) is 6.82. The van der Waals surface area contributed by atoms with Crippen LogP contribution in [0.3, 0.4) is 0 Å². The highest BCUT2D eigenvalue weighted by atomic mass is 35.5. The molecule has 0 radical (unpaired) electrons. The van der Waals surface area contributed by atoms with Crippen molar-refractivity contribution < 1.29 is 9.53 Å². The van der Waals surface area contributed by atoms with E-state index < -0.39 is 11.8 Å².